The van der Waals surface area contributed by atoms with E-state index in [0.717, 1.165) is 25.7 Å². The van der Waals surface area contributed by atoms with Crippen LogP contribution in [0, 0.1) is 0 Å². The molecule has 74 valence electrons. The maximum absolute atomic E-state index is 10.6. The van der Waals surface area contributed by atoms with Gasteiger partial charge in [0.05, 0.1) is 5.25 Å². The average Bonchev–Trinajstić information content (AvgIpc) is 1.96. The van der Waals surface area contributed by atoms with E-state index in [4.69, 9.17) is 4.55 Å². The molecule has 5 heteroatoms. The molecule has 1 unspecified atom stereocenters. The van der Waals surface area contributed by atoms with Crippen LogP contribution in [0.5, 0.6) is 0 Å². The Hall–Kier alpha value is 1.55. The Morgan fingerprint density at radius 1 is 1.23 bits per heavy atom. The van der Waals surface area contributed by atoms with E-state index >= 15 is 0 Å². The van der Waals surface area contributed by atoms with E-state index in [-0.39, 0.29) is 51.4 Å². The van der Waals surface area contributed by atoms with Crippen molar-refractivity contribution in [3.8, 4) is 0 Å². The summed E-state index contributed by atoms with van der Waals surface area (Å²) in [5, 5.41) is -0.602. The van der Waals surface area contributed by atoms with Gasteiger partial charge in [0.2, 0.25) is 0 Å². The number of hydrogen-bond acceptors (Lipinski definition) is 2. The Labute approximate surface area is 124 Å². The predicted octanol–water partition coefficient (Wildman–Crippen LogP) is -0.763. The largest absolute Gasteiger partial charge is 1.00 e. The van der Waals surface area contributed by atoms with Crippen molar-refractivity contribution in [2.75, 3.05) is 0 Å². The Kier molecular flexibility index (Phi) is 11.5. The van der Waals surface area contributed by atoms with Crippen LogP contribution in [0.15, 0.2) is 0 Å². The van der Waals surface area contributed by atoms with Crippen molar-refractivity contribution in [1.29, 1.82) is 0 Å². The van der Waals surface area contributed by atoms with Gasteiger partial charge < -0.3 is 0 Å². The zero-order valence-corrected chi connectivity index (χ0v) is 12.7. The van der Waals surface area contributed by atoms with Crippen molar-refractivity contribution in [2.45, 2.75) is 51.2 Å². The minimum absolute atomic E-state index is 0. The summed E-state index contributed by atoms with van der Waals surface area (Å²) in [4.78, 5) is 0. The van der Waals surface area contributed by atoms with Crippen LogP contribution in [-0.4, -0.2) is 18.2 Å². The van der Waals surface area contributed by atoms with Crippen molar-refractivity contribution in [3.63, 3.8) is 0 Å². The molecular formula is C8H18KO3S+. The Balaban J connectivity index is 0. The first-order chi connectivity index (χ1) is 5.48. The molecule has 0 rings (SSSR count). The number of rotatable bonds is 6. The first kappa shape index (κ1) is 17.0. The average molecular weight is 233 g/mol. The second-order valence-corrected chi connectivity index (χ2v) is 5.01. The van der Waals surface area contributed by atoms with Crippen molar-refractivity contribution >= 4 is 10.1 Å². The van der Waals surface area contributed by atoms with Crippen molar-refractivity contribution in [2.24, 2.45) is 0 Å². The second-order valence-electron chi connectivity index (χ2n) is 3.17. The van der Waals surface area contributed by atoms with Crippen LogP contribution in [0.1, 0.15) is 46.0 Å². The Morgan fingerprint density at radius 3 is 2.15 bits per heavy atom. The summed E-state index contributed by atoms with van der Waals surface area (Å²) in [6.07, 6.45) is 4.78. The van der Waals surface area contributed by atoms with E-state index < -0.39 is 15.4 Å². The van der Waals surface area contributed by atoms with Crippen LogP contribution in [0.4, 0.5) is 0 Å². The van der Waals surface area contributed by atoms with Gasteiger partial charge in [0.15, 0.2) is 0 Å². The molecule has 0 spiro atoms. The molecule has 0 aliphatic carbocycles. The molecular weight excluding hydrogens is 215 g/mol. The molecule has 0 aliphatic rings. The third-order valence-corrected chi connectivity index (χ3v) is 3.23. The van der Waals surface area contributed by atoms with Crippen molar-refractivity contribution in [1.82, 2.24) is 0 Å². The van der Waals surface area contributed by atoms with E-state index in [1.807, 2.05) is 0 Å². The van der Waals surface area contributed by atoms with Gasteiger partial charge in [0.25, 0.3) is 10.1 Å². The van der Waals surface area contributed by atoms with E-state index in [2.05, 4.69) is 6.92 Å². The standard InChI is InChI=1S/C8H18O3S.K/c1-3-4-5-6-7-8(2)12(9,10)11;/h8H,3-7H2,1-2H3,(H,9,10,11);/q;+1. The minimum atomic E-state index is -3.79. The molecule has 0 heterocycles. The van der Waals surface area contributed by atoms with Crippen molar-refractivity contribution in [3.05, 3.63) is 0 Å². The summed E-state index contributed by atoms with van der Waals surface area (Å²) in [6, 6.07) is 0. The van der Waals surface area contributed by atoms with Gasteiger partial charge in [-0.05, 0) is 13.3 Å². The third-order valence-electron chi connectivity index (χ3n) is 1.97. The summed E-state index contributed by atoms with van der Waals surface area (Å²) < 4.78 is 29.7. The van der Waals surface area contributed by atoms with E-state index in [0.29, 0.717) is 6.42 Å². The van der Waals surface area contributed by atoms with Crippen LogP contribution in [-0.2, 0) is 10.1 Å². The van der Waals surface area contributed by atoms with Crippen LogP contribution in [0.2, 0.25) is 0 Å². The van der Waals surface area contributed by atoms with Gasteiger partial charge in [-0.1, -0.05) is 32.6 Å². The van der Waals surface area contributed by atoms with Crippen LogP contribution in [0.3, 0.4) is 0 Å². The fourth-order valence-electron chi connectivity index (χ4n) is 1.01. The SMILES string of the molecule is CCCCCCC(C)S(=O)(=O)O.[K+]. The van der Waals surface area contributed by atoms with Crippen LogP contribution in [0.25, 0.3) is 0 Å². The van der Waals surface area contributed by atoms with Gasteiger partial charge >= 0.3 is 51.4 Å². The number of unbranched alkanes of at least 4 members (excludes halogenated alkanes) is 3. The summed E-state index contributed by atoms with van der Waals surface area (Å²) in [7, 11) is -3.79. The molecule has 0 aromatic rings. The van der Waals surface area contributed by atoms with Gasteiger partial charge in [0.1, 0.15) is 0 Å². The van der Waals surface area contributed by atoms with Gasteiger partial charge in [-0.15, -0.1) is 0 Å². The predicted molar refractivity (Wildman–Crippen MR) is 49.8 cm³/mol. The summed E-state index contributed by atoms with van der Waals surface area (Å²) >= 11 is 0. The second kappa shape index (κ2) is 8.82. The molecule has 0 fully saturated rings. The molecule has 0 aromatic carbocycles. The smallest absolute Gasteiger partial charge is 0.285 e. The molecule has 1 N–H and O–H groups in total. The third kappa shape index (κ3) is 9.84. The summed E-state index contributed by atoms with van der Waals surface area (Å²) in [6.45, 7) is 3.65. The minimum Gasteiger partial charge on any atom is -0.285 e. The van der Waals surface area contributed by atoms with E-state index in [9.17, 15) is 8.42 Å². The van der Waals surface area contributed by atoms with Crippen LogP contribution >= 0.6 is 0 Å². The van der Waals surface area contributed by atoms with Crippen LogP contribution < -0.4 is 51.4 Å². The molecule has 3 nitrogen and oxygen atoms in total. The molecule has 0 aromatic heterocycles. The Bertz CT molecular complexity index is 201. The van der Waals surface area contributed by atoms with Gasteiger partial charge in [-0.3, -0.25) is 4.55 Å². The van der Waals surface area contributed by atoms with E-state index in [1.54, 1.807) is 6.92 Å². The quantitative estimate of drug-likeness (QED) is 0.373. The fourth-order valence-corrected chi connectivity index (χ4v) is 1.47. The van der Waals surface area contributed by atoms with Gasteiger partial charge in [-0.2, -0.15) is 8.42 Å². The summed E-state index contributed by atoms with van der Waals surface area (Å²) in [5.41, 5.74) is 0. The molecule has 13 heavy (non-hydrogen) atoms. The molecule has 0 saturated carbocycles. The first-order valence-corrected chi connectivity index (χ1v) is 5.95. The molecule has 0 saturated heterocycles. The topological polar surface area (TPSA) is 54.4 Å². The zero-order valence-electron chi connectivity index (χ0n) is 8.78. The maximum Gasteiger partial charge on any atom is 1.00 e. The maximum atomic E-state index is 10.6. The molecule has 0 radical (unpaired) electrons. The van der Waals surface area contributed by atoms with Gasteiger partial charge in [-0.25, -0.2) is 0 Å². The number of hydrogen-bond donors (Lipinski definition) is 1. The Morgan fingerprint density at radius 2 is 1.77 bits per heavy atom. The molecule has 0 bridgehead atoms. The molecule has 0 amide bonds. The molecule has 0 aliphatic heterocycles. The first-order valence-electron chi connectivity index (χ1n) is 4.44. The van der Waals surface area contributed by atoms with E-state index in [1.165, 1.54) is 0 Å². The fraction of sp³-hybridized carbons (Fsp3) is 1.00. The van der Waals surface area contributed by atoms with Gasteiger partial charge in [0, 0.05) is 0 Å². The normalized spacial score (nSPS) is 13.5. The monoisotopic (exact) mass is 233 g/mol. The summed E-state index contributed by atoms with van der Waals surface area (Å²) in [5.74, 6) is 0. The zero-order chi connectivity index (χ0) is 9.61. The molecule has 1 atom stereocenters. The van der Waals surface area contributed by atoms with Crippen molar-refractivity contribution < 1.29 is 64.4 Å².